The van der Waals surface area contributed by atoms with Crippen molar-refractivity contribution < 1.29 is 19.0 Å². The number of fused-ring (bicyclic) bond motifs is 1. The fourth-order valence-electron chi connectivity index (χ4n) is 2.59. The molecule has 2 aromatic carbocycles. The van der Waals surface area contributed by atoms with Crippen LogP contribution in [0.5, 0.6) is 17.2 Å². The standard InChI is InChI=1S/C20H17N3O4S/c1-25-15-9-12(10-16(26-2)18(15)27-3)8-13(11-21)19(24)23-20-22-14-6-4-5-7-17(14)28-20/h4-10H,1-3H3,(H,22,23,24)/b13-8+. The summed E-state index contributed by atoms with van der Waals surface area (Å²) in [5.41, 5.74) is 1.27. The highest BCUT2D eigenvalue weighted by atomic mass is 32.1. The topological polar surface area (TPSA) is 93.5 Å². The van der Waals surface area contributed by atoms with Gasteiger partial charge in [-0.2, -0.15) is 5.26 Å². The van der Waals surface area contributed by atoms with E-state index in [1.165, 1.54) is 38.7 Å². The molecule has 8 heteroatoms. The van der Waals surface area contributed by atoms with Gasteiger partial charge < -0.3 is 14.2 Å². The molecule has 0 aliphatic heterocycles. The first-order valence-electron chi connectivity index (χ1n) is 8.18. The van der Waals surface area contributed by atoms with Crippen LogP contribution in [0.2, 0.25) is 0 Å². The zero-order chi connectivity index (χ0) is 20.1. The van der Waals surface area contributed by atoms with Crippen LogP contribution < -0.4 is 19.5 Å². The van der Waals surface area contributed by atoms with Crippen LogP contribution in [0.25, 0.3) is 16.3 Å². The zero-order valence-corrected chi connectivity index (χ0v) is 16.3. The van der Waals surface area contributed by atoms with E-state index in [1.54, 1.807) is 12.1 Å². The number of ether oxygens (including phenoxy) is 3. The summed E-state index contributed by atoms with van der Waals surface area (Å²) >= 11 is 1.34. The summed E-state index contributed by atoms with van der Waals surface area (Å²) in [5, 5.41) is 12.5. The van der Waals surface area contributed by atoms with Crippen molar-refractivity contribution in [2.24, 2.45) is 0 Å². The van der Waals surface area contributed by atoms with E-state index in [2.05, 4.69) is 10.3 Å². The molecule has 0 aliphatic rings. The minimum absolute atomic E-state index is 0.0754. The van der Waals surface area contributed by atoms with Crippen LogP contribution in [0.15, 0.2) is 42.0 Å². The Labute approximate surface area is 165 Å². The van der Waals surface area contributed by atoms with Crippen molar-refractivity contribution in [2.45, 2.75) is 0 Å². The van der Waals surface area contributed by atoms with Gasteiger partial charge in [-0.05, 0) is 35.9 Å². The predicted octanol–water partition coefficient (Wildman–Crippen LogP) is 3.87. The van der Waals surface area contributed by atoms with Gasteiger partial charge in [0.25, 0.3) is 5.91 Å². The van der Waals surface area contributed by atoms with Gasteiger partial charge in [0, 0.05) is 0 Å². The molecule has 28 heavy (non-hydrogen) atoms. The highest BCUT2D eigenvalue weighted by Gasteiger charge is 2.16. The van der Waals surface area contributed by atoms with Crippen molar-refractivity contribution in [3.05, 3.63) is 47.5 Å². The van der Waals surface area contributed by atoms with Crippen LogP contribution in [-0.4, -0.2) is 32.2 Å². The predicted molar refractivity (Wildman–Crippen MR) is 108 cm³/mol. The van der Waals surface area contributed by atoms with Gasteiger partial charge in [0.2, 0.25) is 5.75 Å². The van der Waals surface area contributed by atoms with Crippen LogP contribution in [0.4, 0.5) is 5.13 Å². The van der Waals surface area contributed by atoms with Gasteiger partial charge in [0.15, 0.2) is 16.6 Å². The summed E-state index contributed by atoms with van der Waals surface area (Å²) in [7, 11) is 4.49. The van der Waals surface area contributed by atoms with Gasteiger partial charge in [-0.3, -0.25) is 10.1 Å². The van der Waals surface area contributed by atoms with E-state index >= 15 is 0 Å². The maximum atomic E-state index is 12.5. The number of anilines is 1. The fourth-order valence-corrected chi connectivity index (χ4v) is 3.45. The number of nitrogens with zero attached hydrogens (tertiary/aromatic N) is 2. The number of carbonyl (C=O) groups is 1. The first-order chi connectivity index (χ1) is 13.6. The Balaban J connectivity index is 1.90. The number of rotatable bonds is 6. The van der Waals surface area contributed by atoms with Crippen molar-refractivity contribution in [3.8, 4) is 23.3 Å². The minimum Gasteiger partial charge on any atom is -0.493 e. The van der Waals surface area contributed by atoms with E-state index in [0.717, 1.165) is 10.2 Å². The second kappa shape index (κ2) is 8.41. The number of hydrogen-bond acceptors (Lipinski definition) is 7. The van der Waals surface area contributed by atoms with Crippen molar-refractivity contribution in [2.75, 3.05) is 26.6 Å². The Bertz CT molecular complexity index is 1040. The molecule has 1 amide bonds. The van der Waals surface area contributed by atoms with E-state index in [1.807, 2.05) is 30.3 Å². The Morgan fingerprint density at radius 1 is 1.14 bits per heavy atom. The molecular weight excluding hydrogens is 378 g/mol. The number of aromatic nitrogens is 1. The second-order valence-electron chi connectivity index (χ2n) is 5.57. The van der Waals surface area contributed by atoms with E-state index in [4.69, 9.17) is 14.2 Å². The molecule has 0 saturated heterocycles. The van der Waals surface area contributed by atoms with Gasteiger partial charge in [-0.15, -0.1) is 0 Å². The normalized spacial score (nSPS) is 11.0. The third-order valence-electron chi connectivity index (χ3n) is 3.88. The molecule has 0 spiro atoms. The maximum Gasteiger partial charge on any atom is 0.268 e. The Hall–Kier alpha value is -3.57. The molecule has 1 heterocycles. The Morgan fingerprint density at radius 2 is 1.82 bits per heavy atom. The molecular formula is C20H17N3O4S. The average molecular weight is 395 g/mol. The summed E-state index contributed by atoms with van der Waals surface area (Å²) in [5.74, 6) is 0.740. The number of para-hydroxylation sites is 1. The fraction of sp³-hybridized carbons (Fsp3) is 0.150. The highest BCUT2D eigenvalue weighted by molar-refractivity contribution is 7.22. The summed E-state index contributed by atoms with van der Waals surface area (Å²) in [6.07, 6.45) is 1.45. The molecule has 3 aromatic rings. The number of nitrogens with one attached hydrogen (secondary N) is 1. The van der Waals surface area contributed by atoms with Gasteiger partial charge in [0.1, 0.15) is 11.6 Å². The van der Waals surface area contributed by atoms with E-state index < -0.39 is 5.91 Å². The molecule has 1 N–H and O–H groups in total. The Morgan fingerprint density at radius 3 is 2.39 bits per heavy atom. The summed E-state index contributed by atoms with van der Waals surface area (Å²) in [6.45, 7) is 0. The number of carbonyl (C=O) groups excluding carboxylic acids is 1. The SMILES string of the molecule is COc1cc(/C=C(\C#N)C(=O)Nc2nc3ccccc3s2)cc(OC)c1OC. The van der Waals surface area contributed by atoms with Crippen LogP contribution in [0, 0.1) is 11.3 Å². The number of nitriles is 1. The molecule has 0 aliphatic carbocycles. The highest BCUT2D eigenvalue weighted by Crippen LogP contribution is 2.38. The molecule has 3 rings (SSSR count). The number of hydrogen-bond donors (Lipinski definition) is 1. The van der Waals surface area contributed by atoms with Crippen molar-refractivity contribution >= 4 is 38.7 Å². The van der Waals surface area contributed by atoms with Gasteiger partial charge >= 0.3 is 0 Å². The lowest BCUT2D eigenvalue weighted by Gasteiger charge is -2.13. The lowest BCUT2D eigenvalue weighted by Crippen LogP contribution is -2.13. The van der Waals surface area contributed by atoms with E-state index in [0.29, 0.717) is 27.9 Å². The van der Waals surface area contributed by atoms with Crippen LogP contribution in [0.3, 0.4) is 0 Å². The monoisotopic (exact) mass is 395 g/mol. The average Bonchev–Trinajstić information content (AvgIpc) is 3.13. The minimum atomic E-state index is -0.546. The maximum absolute atomic E-state index is 12.5. The van der Waals surface area contributed by atoms with Crippen LogP contribution >= 0.6 is 11.3 Å². The summed E-state index contributed by atoms with van der Waals surface area (Å²) in [4.78, 5) is 16.9. The van der Waals surface area contributed by atoms with Crippen LogP contribution in [-0.2, 0) is 4.79 Å². The van der Waals surface area contributed by atoms with Crippen molar-refractivity contribution in [1.29, 1.82) is 5.26 Å². The molecule has 0 saturated carbocycles. The molecule has 1 aromatic heterocycles. The van der Waals surface area contributed by atoms with Crippen molar-refractivity contribution in [1.82, 2.24) is 4.98 Å². The molecule has 0 fully saturated rings. The number of benzene rings is 2. The number of methoxy groups -OCH3 is 3. The van der Waals surface area contributed by atoms with E-state index in [-0.39, 0.29) is 5.57 Å². The first kappa shape index (κ1) is 19.2. The number of amides is 1. The molecule has 0 unspecified atom stereocenters. The lowest BCUT2D eigenvalue weighted by molar-refractivity contribution is -0.112. The molecule has 0 bridgehead atoms. The first-order valence-corrected chi connectivity index (χ1v) is 9.00. The molecule has 7 nitrogen and oxygen atoms in total. The smallest absolute Gasteiger partial charge is 0.268 e. The Kier molecular flexibility index (Phi) is 5.77. The molecule has 0 radical (unpaired) electrons. The molecule has 142 valence electrons. The zero-order valence-electron chi connectivity index (χ0n) is 15.5. The van der Waals surface area contributed by atoms with Crippen molar-refractivity contribution in [3.63, 3.8) is 0 Å². The van der Waals surface area contributed by atoms with E-state index in [9.17, 15) is 10.1 Å². The third kappa shape index (κ3) is 3.89. The van der Waals surface area contributed by atoms with Gasteiger partial charge in [-0.1, -0.05) is 23.5 Å². The number of thiazole rings is 1. The van der Waals surface area contributed by atoms with Crippen LogP contribution in [0.1, 0.15) is 5.56 Å². The second-order valence-corrected chi connectivity index (χ2v) is 6.60. The largest absolute Gasteiger partial charge is 0.493 e. The quantitative estimate of drug-likeness (QED) is 0.503. The summed E-state index contributed by atoms with van der Waals surface area (Å²) in [6, 6.07) is 12.8. The third-order valence-corrected chi connectivity index (χ3v) is 4.83. The van der Waals surface area contributed by atoms with Gasteiger partial charge in [-0.25, -0.2) is 4.98 Å². The lowest BCUT2D eigenvalue weighted by atomic mass is 10.1. The summed E-state index contributed by atoms with van der Waals surface area (Å²) < 4.78 is 16.8. The molecule has 0 atom stereocenters. The van der Waals surface area contributed by atoms with Gasteiger partial charge in [0.05, 0.1) is 31.5 Å².